The molecule has 0 atom stereocenters. The zero-order valence-corrected chi connectivity index (χ0v) is 17.0. The van der Waals surface area contributed by atoms with E-state index in [1.165, 1.54) is 4.90 Å². The third kappa shape index (κ3) is 7.81. The zero-order valence-electron chi connectivity index (χ0n) is 16.2. The molecule has 150 valence electrons. The first-order valence-electron chi connectivity index (χ1n) is 9.09. The van der Waals surface area contributed by atoms with Crippen LogP contribution in [-0.2, 0) is 0 Å². The fourth-order valence-electron chi connectivity index (χ4n) is 2.26. The Kier molecular flexibility index (Phi) is 9.03. The van der Waals surface area contributed by atoms with Gasteiger partial charge >= 0.3 is 0 Å². The SMILES string of the molecule is C[NH+](C)CCNC(=S)NNC(=O)c1ccccc1OCCOc1ccccc1. The molecule has 0 spiro atoms. The maximum atomic E-state index is 12.4. The van der Waals surface area contributed by atoms with Crippen LogP contribution in [0.3, 0.4) is 0 Å². The first-order valence-corrected chi connectivity index (χ1v) is 9.50. The Morgan fingerprint density at radius 3 is 2.39 bits per heavy atom. The summed E-state index contributed by atoms with van der Waals surface area (Å²) in [7, 11) is 4.11. The largest absolute Gasteiger partial charge is 0.490 e. The van der Waals surface area contributed by atoms with Gasteiger partial charge in [0.2, 0.25) is 0 Å². The van der Waals surface area contributed by atoms with Crippen LogP contribution in [0.15, 0.2) is 54.6 Å². The molecule has 8 heteroatoms. The van der Waals surface area contributed by atoms with E-state index < -0.39 is 0 Å². The topological polar surface area (TPSA) is 76.1 Å². The molecule has 0 bridgehead atoms. The Balaban J connectivity index is 1.78. The molecule has 2 rings (SSSR count). The molecule has 0 saturated heterocycles. The molecule has 2 aromatic rings. The normalized spacial score (nSPS) is 10.2. The van der Waals surface area contributed by atoms with E-state index in [1.807, 2.05) is 36.4 Å². The van der Waals surface area contributed by atoms with Crippen LogP contribution >= 0.6 is 12.2 Å². The standard InChI is InChI=1S/C20H26N4O3S/c1-24(2)13-12-21-20(28)23-22-19(25)17-10-6-7-11-18(17)27-15-14-26-16-8-4-3-5-9-16/h3-11H,12-15H2,1-2H3,(H,22,25)(H2,21,23,28)/p+1. The van der Waals surface area contributed by atoms with Gasteiger partial charge in [0.15, 0.2) is 5.11 Å². The molecule has 7 nitrogen and oxygen atoms in total. The average Bonchev–Trinajstić information content (AvgIpc) is 2.70. The predicted molar refractivity (Wildman–Crippen MR) is 113 cm³/mol. The summed E-state index contributed by atoms with van der Waals surface area (Å²) in [4.78, 5) is 13.7. The lowest BCUT2D eigenvalue weighted by Gasteiger charge is -2.14. The van der Waals surface area contributed by atoms with E-state index in [0.717, 1.165) is 12.3 Å². The second kappa shape index (κ2) is 11.8. The summed E-state index contributed by atoms with van der Waals surface area (Å²) in [5, 5.41) is 3.39. The highest BCUT2D eigenvalue weighted by molar-refractivity contribution is 7.80. The van der Waals surface area contributed by atoms with Gasteiger partial charge in [0.05, 0.1) is 32.7 Å². The molecule has 4 N–H and O–H groups in total. The van der Waals surface area contributed by atoms with Gasteiger partial charge in [0.1, 0.15) is 24.7 Å². The van der Waals surface area contributed by atoms with Gasteiger partial charge < -0.3 is 19.7 Å². The molecule has 2 aromatic carbocycles. The van der Waals surface area contributed by atoms with Gasteiger partial charge in [-0.15, -0.1) is 0 Å². The lowest BCUT2D eigenvalue weighted by Crippen LogP contribution is -3.06. The van der Waals surface area contributed by atoms with Gasteiger partial charge in [-0.05, 0) is 36.5 Å². The molecule has 1 amide bonds. The summed E-state index contributed by atoms with van der Waals surface area (Å²) in [5.41, 5.74) is 5.70. The highest BCUT2D eigenvalue weighted by Gasteiger charge is 2.12. The molecule has 0 aliphatic carbocycles. The number of hydrogen-bond acceptors (Lipinski definition) is 4. The van der Waals surface area contributed by atoms with Gasteiger partial charge in [-0.3, -0.25) is 15.6 Å². The third-order valence-electron chi connectivity index (χ3n) is 3.68. The second-order valence-corrected chi connectivity index (χ2v) is 6.71. The molecule has 0 fully saturated rings. The molecular formula is C20H27N4O3S+. The number of carbonyl (C=O) groups is 1. The van der Waals surface area contributed by atoms with Gasteiger partial charge in [-0.25, -0.2) is 0 Å². The van der Waals surface area contributed by atoms with Crippen LogP contribution in [0.2, 0.25) is 0 Å². The number of rotatable bonds is 9. The van der Waals surface area contributed by atoms with Crippen molar-refractivity contribution in [3.63, 3.8) is 0 Å². The van der Waals surface area contributed by atoms with Crippen LogP contribution in [0.1, 0.15) is 10.4 Å². The van der Waals surface area contributed by atoms with E-state index >= 15 is 0 Å². The van der Waals surface area contributed by atoms with Crippen molar-refractivity contribution in [2.24, 2.45) is 0 Å². The number of carbonyl (C=O) groups excluding carboxylic acids is 1. The molecule has 0 aromatic heterocycles. The van der Waals surface area contributed by atoms with Gasteiger partial charge in [-0.2, -0.15) is 0 Å². The molecule has 28 heavy (non-hydrogen) atoms. The second-order valence-electron chi connectivity index (χ2n) is 6.30. The Morgan fingerprint density at radius 2 is 1.64 bits per heavy atom. The minimum absolute atomic E-state index is 0.319. The fourth-order valence-corrected chi connectivity index (χ4v) is 2.41. The number of hydrogen-bond donors (Lipinski definition) is 4. The predicted octanol–water partition coefficient (Wildman–Crippen LogP) is 0.398. The van der Waals surface area contributed by atoms with Crippen LogP contribution in [0.25, 0.3) is 0 Å². The van der Waals surface area contributed by atoms with E-state index in [1.54, 1.807) is 18.2 Å². The molecular weight excluding hydrogens is 376 g/mol. The molecule has 0 heterocycles. The van der Waals surface area contributed by atoms with Gasteiger partial charge in [0.25, 0.3) is 5.91 Å². The summed E-state index contributed by atoms with van der Waals surface area (Å²) in [6.07, 6.45) is 0. The monoisotopic (exact) mass is 403 g/mol. The van der Waals surface area contributed by atoms with E-state index in [-0.39, 0.29) is 5.91 Å². The van der Waals surface area contributed by atoms with Crippen molar-refractivity contribution in [1.82, 2.24) is 16.2 Å². The third-order valence-corrected chi connectivity index (χ3v) is 3.93. The number of quaternary nitrogens is 1. The van der Waals surface area contributed by atoms with E-state index in [4.69, 9.17) is 21.7 Å². The van der Waals surface area contributed by atoms with Crippen molar-refractivity contribution in [3.05, 3.63) is 60.2 Å². The Hall–Kier alpha value is -2.84. The fraction of sp³-hybridized carbons (Fsp3) is 0.300. The van der Waals surface area contributed by atoms with Gasteiger partial charge in [0, 0.05) is 0 Å². The van der Waals surface area contributed by atoms with Crippen molar-refractivity contribution in [3.8, 4) is 11.5 Å². The molecule has 0 radical (unpaired) electrons. The zero-order chi connectivity index (χ0) is 20.2. The molecule has 0 aliphatic heterocycles. The van der Waals surface area contributed by atoms with Crippen LogP contribution in [0.4, 0.5) is 0 Å². The van der Waals surface area contributed by atoms with Crippen molar-refractivity contribution < 1.29 is 19.2 Å². The number of thiocarbonyl (C=S) groups is 1. The van der Waals surface area contributed by atoms with Crippen molar-refractivity contribution in [2.45, 2.75) is 0 Å². The average molecular weight is 404 g/mol. The molecule has 0 aliphatic rings. The highest BCUT2D eigenvalue weighted by atomic mass is 32.1. The van der Waals surface area contributed by atoms with E-state index in [0.29, 0.717) is 36.2 Å². The number of ether oxygens (including phenoxy) is 2. The lowest BCUT2D eigenvalue weighted by atomic mass is 10.2. The summed E-state index contributed by atoms with van der Waals surface area (Å²) in [6.45, 7) is 2.32. The Labute approximate surface area is 171 Å². The lowest BCUT2D eigenvalue weighted by molar-refractivity contribution is -0.856. The van der Waals surface area contributed by atoms with Crippen LogP contribution in [0, 0.1) is 0 Å². The van der Waals surface area contributed by atoms with Crippen LogP contribution < -0.4 is 30.5 Å². The van der Waals surface area contributed by atoms with Gasteiger partial charge in [-0.1, -0.05) is 30.3 Å². The van der Waals surface area contributed by atoms with Crippen LogP contribution in [-0.4, -0.2) is 51.4 Å². The number of hydrazine groups is 1. The maximum Gasteiger partial charge on any atom is 0.273 e. The maximum absolute atomic E-state index is 12.4. The highest BCUT2D eigenvalue weighted by Crippen LogP contribution is 2.17. The number of nitrogens with one attached hydrogen (secondary N) is 4. The summed E-state index contributed by atoms with van der Waals surface area (Å²) in [6, 6.07) is 16.5. The number of likely N-dealkylation sites (N-methyl/N-ethyl adjacent to an activating group) is 1. The Morgan fingerprint density at radius 1 is 0.964 bits per heavy atom. The minimum atomic E-state index is -0.332. The quantitative estimate of drug-likeness (QED) is 0.276. The summed E-state index contributed by atoms with van der Waals surface area (Å²) < 4.78 is 11.3. The smallest absolute Gasteiger partial charge is 0.273 e. The van der Waals surface area contributed by atoms with Crippen molar-refractivity contribution in [1.29, 1.82) is 0 Å². The van der Waals surface area contributed by atoms with Crippen molar-refractivity contribution in [2.75, 3.05) is 40.4 Å². The first kappa shape index (κ1) is 21.5. The minimum Gasteiger partial charge on any atom is -0.490 e. The Bertz CT molecular complexity index is 756. The van der Waals surface area contributed by atoms with Crippen molar-refractivity contribution >= 4 is 23.2 Å². The van der Waals surface area contributed by atoms with E-state index in [9.17, 15) is 4.79 Å². The molecule has 0 unspecified atom stereocenters. The van der Waals surface area contributed by atoms with Crippen LogP contribution in [0.5, 0.6) is 11.5 Å². The molecule has 0 saturated carbocycles. The number of para-hydroxylation sites is 2. The van der Waals surface area contributed by atoms with E-state index in [2.05, 4.69) is 30.3 Å². The first-order chi connectivity index (χ1) is 13.6. The number of benzene rings is 2. The summed E-state index contributed by atoms with van der Waals surface area (Å²) >= 11 is 5.15. The summed E-state index contributed by atoms with van der Waals surface area (Å²) in [5.74, 6) is 0.925. The number of amides is 1.